The highest BCUT2D eigenvalue weighted by atomic mass is 32.2. The number of carbonyl (C=O) groups is 1. The zero-order valence-electron chi connectivity index (χ0n) is 8.78. The lowest BCUT2D eigenvalue weighted by Crippen LogP contribution is -2.00. The molecule has 1 rings (SSSR count). The molecule has 0 unspecified atom stereocenters. The summed E-state index contributed by atoms with van der Waals surface area (Å²) >= 11 is 0.864. The number of rotatable bonds is 5. The number of aliphatic carboxylic acids is 1. The van der Waals surface area contributed by atoms with E-state index in [1.54, 1.807) is 0 Å². The van der Waals surface area contributed by atoms with E-state index >= 15 is 0 Å². The zero-order valence-corrected chi connectivity index (χ0v) is 10.4. The van der Waals surface area contributed by atoms with Gasteiger partial charge in [0.2, 0.25) is 0 Å². The second-order valence-electron chi connectivity index (χ2n) is 3.02. The van der Waals surface area contributed by atoms with Gasteiger partial charge in [-0.15, -0.1) is 11.8 Å². The maximum absolute atomic E-state index is 11.2. The Morgan fingerprint density at radius 1 is 1.59 bits per heavy atom. The maximum atomic E-state index is 11.2. The Hall–Kier alpha value is -1.41. The zero-order chi connectivity index (χ0) is 13.0. The number of hydrogen-bond donors (Lipinski definition) is 1. The number of nitro groups is 1. The fourth-order valence-electron chi connectivity index (χ4n) is 1.08. The van der Waals surface area contributed by atoms with Crippen LogP contribution in [-0.4, -0.2) is 32.2 Å². The summed E-state index contributed by atoms with van der Waals surface area (Å²) in [5.74, 6) is -1.30. The van der Waals surface area contributed by atoms with Crippen LogP contribution in [0.3, 0.4) is 0 Å². The van der Waals surface area contributed by atoms with Crippen LogP contribution in [0.25, 0.3) is 0 Å². The molecule has 6 nitrogen and oxygen atoms in total. The van der Waals surface area contributed by atoms with Gasteiger partial charge in [-0.25, -0.2) is 0 Å². The molecular weight excluding hydrogens is 266 g/mol. The van der Waals surface area contributed by atoms with Crippen LogP contribution < -0.4 is 0 Å². The lowest BCUT2D eigenvalue weighted by molar-refractivity contribution is -0.387. The van der Waals surface area contributed by atoms with Gasteiger partial charge in [-0.1, -0.05) is 0 Å². The lowest BCUT2D eigenvalue weighted by Gasteiger charge is -2.02. The molecule has 0 aliphatic rings. The quantitative estimate of drug-likeness (QED) is 0.497. The highest BCUT2D eigenvalue weighted by Crippen LogP contribution is 2.30. The van der Waals surface area contributed by atoms with E-state index in [2.05, 4.69) is 0 Å². The normalized spacial score (nSPS) is 12.1. The van der Waals surface area contributed by atoms with Gasteiger partial charge in [0, 0.05) is 17.2 Å². The van der Waals surface area contributed by atoms with Gasteiger partial charge in [0.15, 0.2) is 0 Å². The molecule has 0 fully saturated rings. The van der Waals surface area contributed by atoms with E-state index in [9.17, 15) is 19.1 Å². The van der Waals surface area contributed by atoms with Crippen LogP contribution in [0.5, 0.6) is 0 Å². The molecule has 1 atom stereocenters. The highest BCUT2D eigenvalue weighted by Gasteiger charge is 2.17. The summed E-state index contributed by atoms with van der Waals surface area (Å²) in [5, 5.41) is 19.3. The molecule has 0 bridgehead atoms. The Bertz CT molecular complexity index is 488. The third-order valence-electron chi connectivity index (χ3n) is 1.81. The summed E-state index contributed by atoms with van der Waals surface area (Å²) in [5.41, 5.74) is -0.219. The van der Waals surface area contributed by atoms with Crippen molar-refractivity contribution in [3.8, 4) is 0 Å². The van der Waals surface area contributed by atoms with Crippen LogP contribution in [-0.2, 0) is 15.6 Å². The van der Waals surface area contributed by atoms with Crippen LogP contribution >= 0.6 is 11.8 Å². The highest BCUT2D eigenvalue weighted by molar-refractivity contribution is 8.00. The molecule has 0 spiro atoms. The predicted molar refractivity (Wildman–Crippen MR) is 63.8 cm³/mol. The molecule has 92 valence electrons. The molecule has 0 aliphatic heterocycles. The Labute approximate surface area is 104 Å². The van der Waals surface area contributed by atoms with Gasteiger partial charge in [-0.3, -0.25) is 19.1 Å². The first-order valence-electron chi connectivity index (χ1n) is 4.38. The molecule has 0 saturated heterocycles. The standard InChI is InChI=1S/C9H9NO5S2/c1-17(15)6-2-3-8(16-5-9(11)12)7(4-6)10(13)14/h2-4H,5H2,1H3,(H,11,12)/t17-/m0/s1. The largest absolute Gasteiger partial charge is 0.481 e. The van der Waals surface area contributed by atoms with Gasteiger partial charge in [0.25, 0.3) is 5.69 Å². The molecule has 0 heterocycles. The number of nitro benzene ring substituents is 1. The molecule has 0 aliphatic carbocycles. The molecule has 0 radical (unpaired) electrons. The summed E-state index contributed by atoms with van der Waals surface area (Å²) in [6.07, 6.45) is 1.42. The smallest absolute Gasteiger partial charge is 0.313 e. The Morgan fingerprint density at radius 2 is 2.24 bits per heavy atom. The lowest BCUT2D eigenvalue weighted by atomic mass is 10.3. The fraction of sp³-hybridized carbons (Fsp3) is 0.222. The molecule has 17 heavy (non-hydrogen) atoms. The van der Waals surface area contributed by atoms with Gasteiger partial charge in [0.05, 0.1) is 26.4 Å². The minimum Gasteiger partial charge on any atom is -0.481 e. The van der Waals surface area contributed by atoms with E-state index in [0.717, 1.165) is 11.8 Å². The van der Waals surface area contributed by atoms with E-state index in [4.69, 9.17) is 5.11 Å². The third kappa shape index (κ3) is 3.82. The number of carboxylic acids is 1. The summed E-state index contributed by atoms with van der Waals surface area (Å²) in [4.78, 5) is 21.2. The van der Waals surface area contributed by atoms with Gasteiger partial charge < -0.3 is 5.11 Å². The molecule has 0 amide bonds. The summed E-state index contributed by atoms with van der Waals surface area (Å²) < 4.78 is 11.2. The van der Waals surface area contributed by atoms with Crippen LogP contribution in [0, 0.1) is 10.1 Å². The molecule has 1 N–H and O–H groups in total. The van der Waals surface area contributed by atoms with Crippen LogP contribution in [0.2, 0.25) is 0 Å². The number of benzene rings is 1. The second kappa shape index (κ2) is 5.78. The van der Waals surface area contributed by atoms with Crippen molar-refractivity contribution in [2.24, 2.45) is 0 Å². The first-order valence-corrected chi connectivity index (χ1v) is 6.92. The van der Waals surface area contributed by atoms with Crippen LogP contribution in [0.15, 0.2) is 28.0 Å². The Balaban J connectivity index is 3.08. The predicted octanol–water partition coefficient (Wildman–Crippen LogP) is 1.51. The van der Waals surface area contributed by atoms with Crippen molar-refractivity contribution >= 4 is 34.2 Å². The van der Waals surface area contributed by atoms with Gasteiger partial charge in [-0.05, 0) is 12.1 Å². The first-order chi connectivity index (χ1) is 7.91. The summed E-state index contributed by atoms with van der Waals surface area (Å²) in [6, 6.07) is 4.12. The van der Waals surface area contributed by atoms with E-state index in [-0.39, 0.29) is 16.3 Å². The maximum Gasteiger partial charge on any atom is 0.313 e. The van der Waals surface area contributed by atoms with Crippen molar-refractivity contribution in [1.82, 2.24) is 0 Å². The fourth-order valence-corrected chi connectivity index (χ4v) is 2.34. The molecule has 0 saturated carbocycles. The summed E-state index contributed by atoms with van der Waals surface area (Å²) in [7, 11) is -1.31. The average Bonchev–Trinajstić information content (AvgIpc) is 2.25. The van der Waals surface area contributed by atoms with E-state index in [1.165, 1.54) is 24.5 Å². The van der Waals surface area contributed by atoms with E-state index in [1.807, 2.05) is 0 Å². The number of thioether (sulfide) groups is 1. The van der Waals surface area contributed by atoms with Crippen molar-refractivity contribution in [3.63, 3.8) is 0 Å². The van der Waals surface area contributed by atoms with Gasteiger partial charge in [0.1, 0.15) is 0 Å². The molecule has 1 aromatic rings. The molecular formula is C9H9NO5S2. The minimum absolute atomic E-state index is 0.219. The second-order valence-corrected chi connectivity index (χ2v) is 5.42. The molecule has 0 aromatic heterocycles. The van der Waals surface area contributed by atoms with Gasteiger partial charge in [-0.2, -0.15) is 0 Å². The van der Waals surface area contributed by atoms with E-state index < -0.39 is 21.7 Å². The monoisotopic (exact) mass is 275 g/mol. The number of nitrogens with zero attached hydrogens (tertiary/aromatic N) is 1. The minimum atomic E-state index is -1.31. The first kappa shape index (κ1) is 13.7. The molecule has 1 aromatic carbocycles. The Kier molecular flexibility index (Phi) is 4.64. The third-order valence-corrected chi connectivity index (χ3v) is 3.78. The topological polar surface area (TPSA) is 97.5 Å². The van der Waals surface area contributed by atoms with Crippen LogP contribution in [0.1, 0.15) is 0 Å². The van der Waals surface area contributed by atoms with Crippen molar-refractivity contribution in [2.45, 2.75) is 9.79 Å². The van der Waals surface area contributed by atoms with Gasteiger partial charge >= 0.3 is 5.97 Å². The van der Waals surface area contributed by atoms with Crippen LogP contribution in [0.4, 0.5) is 5.69 Å². The molecule has 8 heteroatoms. The number of carboxylic acid groups (broad SMARTS) is 1. The van der Waals surface area contributed by atoms with Crippen molar-refractivity contribution in [1.29, 1.82) is 0 Å². The van der Waals surface area contributed by atoms with E-state index in [0.29, 0.717) is 4.90 Å². The summed E-state index contributed by atoms with van der Waals surface area (Å²) in [6.45, 7) is 0. The number of hydrogen-bond acceptors (Lipinski definition) is 5. The SMILES string of the molecule is C[S@](=O)c1ccc(SCC(=O)O)c([N+](=O)[O-])c1. The Morgan fingerprint density at radius 3 is 2.71 bits per heavy atom. The van der Waals surface area contributed by atoms with Crippen molar-refractivity contribution < 1.29 is 19.0 Å². The van der Waals surface area contributed by atoms with Crippen molar-refractivity contribution in [3.05, 3.63) is 28.3 Å². The van der Waals surface area contributed by atoms with Crippen molar-refractivity contribution in [2.75, 3.05) is 12.0 Å². The average molecular weight is 275 g/mol.